The Morgan fingerprint density at radius 3 is 2.38 bits per heavy atom. The van der Waals surface area contributed by atoms with Crippen LogP contribution >= 0.6 is 15.9 Å². The van der Waals surface area contributed by atoms with Gasteiger partial charge in [-0.05, 0) is 39.7 Å². The molecular formula is C14H9BrF5N. The van der Waals surface area contributed by atoms with Crippen LogP contribution in [-0.4, -0.2) is 0 Å². The minimum absolute atomic E-state index is 0.00573. The van der Waals surface area contributed by atoms with Crippen molar-refractivity contribution in [1.82, 2.24) is 0 Å². The smallest absolute Gasteiger partial charge is 0.378 e. The maximum atomic E-state index is 13.6. The van der Waals surface area contributed by atoms with Crippen LogP contribution in [0.25, 0.3) is 0 Å². The molecular weight excluding hydrogens is 357 g/mol. The van der Waals surface area contributed by atoms with Crippen LogP contribution in [0.2, 0.25) is 0 Å². The van der Waals surface area contributed by atoms with Crippen LogP contribution in [-0.2, 0) is 12.7 Å². The monoisotopic (exact) mass is 365 g/mol. The second-order valence-corrected chi connectivity index (χ2v) is 5.15. The van der Waals surface area contributed by atoms with Crippen molar-refractivity contribution in [2.75, 3.05) is 5.32 Å². The van der Waals surface area contributed by atoms with E-state index in [4.69, 9.17) is 0 Å². The van der Waals surface area contributed by atoms with E-state index in [2.05, 4.69) is 21.2 Å². The lowest BCUT2D eigenvalue weighted by atomic mass is 10.1. The molecule has 0 radical (unpaired) electrons. The molecule has 0 unspecified atom stereocenters. The fourth-order valence-corrected chi connectivity index (χ4v) is 2.31. The largest absolute Gasteiger partial charge is 0.416 e. The van der Waals surface area contributed by atoms with Crippen molar-refractivity contribution in [3.63, 3.8) is 0 Å². The van der Waals surface area contributed by atoms with E-state index >= 15 is 0 Å². The topological polar surface area (TPSA) is 12.0 Å². The second-order valence-electron chi connectivity index (χ2n) is 4.30. The van der Waals surface area contributed by atoms with E-state index in [1.165, 1.54) is 12.1 Å². The first-order chi connectivity index (χ1) is 9.77. The minimum atomic E-state index is -4.43. The van der Waals surface area contributed by atoms with Crippen molar-refractivity contribution < 1.29 is 22.0 Å². The fraction of sp³-hybridized carbons (Fsp3) is 0.143. The first-order valence-corrected chi connectivity index (χ1v) is 6.61. The summed E-state index contributed by atoms with van der Waals surface area (Å²) in [6, 6.07) is 6.45. The molecule has 0 bridgehead atoms. The number of rotatable bonds is 3. The Morgan fingerprint density at radius 2 is 1.76 bits per heavy atom. The summed E-state index contributed by atoms with van der Waals surface area (Å²) in [4.78, 5) is 0. The molecule has 0 spiro atoms. The van der Waals surface area contributed by atoms with Crippen molar-refractivity contribution in [2.45, 2.75) is 12.7 Å². The van der Waals surface area contributed by atoms with Crippen molar-refractivity contribution in [1.29, 1.82) is 0 Å². The highest BCUT2D eigenvalue weighted by Crippen LogP contribution is 2.30. The van der Waals surface area contributed by atoms with Gasteiger partial charge in [-0.3, -0.25) is 0 Å². The van der Waals surface area contributed by atoms with Gasteiger partial charge in [0, 0.05) is 17.1 Å². The van der Waals surface area contributed by atoms with Crippen LogP contribution in [0.1, 0.15) is 11.1 Å². The normalized spacial score (nSPS) is 11.5. The second kappa shape index (κ2) is 6.01. The van der Waals surface area contributed by atoms with Crippen LogP contribution in [0.5, 0.6) is 0 Å². The summed E-state index contributed by atoms with van der Waals surface area (Å²) < 4.78 is 64.4. The summed E-state index contributed by atoms with van der Waals surface area (Å²) in [6.45, 7) is -0.0227. The molecule has 2 aromatic rings. The van der Waals surface area contributed by atoms with Gasteiger partial charge < -0.3 is 5.32 Å². The van der Waals surface area contributed by atoms with Gasteiger partial charge in [-0.25, -0.2) is 8.78 Å². The van der Waals surface area contributed by atoms with Gasteiger partial charge in [-0.2, -0.15) is 13.2 Å². The van der Waals surface area contributed by atoms with E-state index in [0.29, 0.717) is 11.6 Å². The SMILES string of the molecule is Fc1cc(F)c(NCc2cccc(C(F)(F)F)c2)c(Br)c1. The van der Waals surface area contributed by atoms with Gasteiger partial charge in [0.2, 0.25) is 0 Å². The number of nitrogens with one attached hydrogen (secondary N) is 1. The molecule has 0 aromatic heterocycles. The quantitative estimate of drug-likeness (QED) is 0.722. The highest BCUT2D eigenvalue weighted by atomic mass is 79.9. The maximum Gasteiger partial charge on any atom is 0.416 e. The third-order valence-electron chi connectivity index (χ3n) is 2.73. The van der Waals surface area contributed by atoms with E-state index in [9.17, 15) is 22.0 Å². The lowest BCUT2D eigenvalue weighted by molar-refractivity contribution is -0.137. The van der Waals surface area contributed by atoms with Gasteiger partial charge in [0.25, 0.3) is 0 Å². The zero-order valence-electron chi connectivity index (χ0n) is 10.4. The molecule has 0 saturated heterocycles. The predicted molar refractivity (Wildman–Crippen MR) is 72.8 cm³/mol. The molecule has 112 valence electrons. The highest BCUT2D eigenvalue weighted by Gasteiger charge is 2.30. The van der Waals surface area contributed by atoms with E-state index in [-0.39, 0.29) is 16.7 Å². The molecule has 21 heavy (non-hydrogen) atoms. The zero-order valence-corrected chi connectivity index (χ0v) is 12.0. The van der Waals surface area contributed by atoms with Crippen molar-refractivity contribution in [3.8, 4) is 0 Å². The van der Waals surface area contributed by atoms with Crippen LogP contribution < -0.4 is 5.32 Å². The fourth-order valence-electron chi connectivity index (χ4n) is 1.76. The van der Waals surface area contributed by atoms with Crippen LogP contribution in [0.15, 0.2) is 40.9 Å². The molecule has 0 saturated carbocycles. The van der Waals surface area contributed by atoms with Crippen LogP contribution in [0.3, 0.4) is 0 Å². The van der Waals surface area contributed by atoms with Gasteiger partial charge in [-0.1, -0.05) is 12.1 Å². The number of hydrogen-bond donors (Lipinski definition) is 1. The Balaban J connectivity index is 2.18. The molecule has 0 atom stereocenters. The number of anilines is 1. The lowest BCUT2D eigenvalue weighted by Crippen LogP contribution is -2.07. The number of alkyl halides is 3. The van der Waals surface area contributed by atoms with Crippen molar-refractivity contribution >= 4 is 21.6 Å². The molecule has 0 aliphatic heterocycles. The van der Waals surface area contributed by atoms with E-state index < -0.39 is 23.4 Å². The molecule has 1 N–H and O–H groups in total. The Labute approximate surface area is 125 Å². The molecule has 0 heterocycles. The first-order valence-electron chi connectivity index (χ1n) is 5.82. The van der Waals surface area contributed by atoms with Gasteiger partial charge in [-0.15, -0.1) is 0 Å². The lowest BCUT2D eigenvalue weighted by Gasteiger charge is -2.12. The number of hydrogen-bond acceptors (Lipinski definition) is 1. The molecule has 0 aliphatic carbocycles. The van der Waals surface area contributed by atoms with Crippen molar-refractivity contribution in [2.24, 2.45) is 0 Å². The Morgan fingerprint density at radius 1 is 1.05 bits per heavy atom. The van der Waals surface area contributed by atoms with Crippen LogP contribution in [0, 0.1) is 11.6 Å². The van der Waals surface area contributed by atoms with E-state index in [0.717, 1.165) is 18.2 Å². The van der Waals surface area contributed by atoms with Gasteiger partial charge in [0.1, 0.15) is 11.6 Å². The molecule has 0 aliphatic rings. The summed E-state index contributed by atoms with van der Waals surface area (Å²) >= 11 is 3.00. The summed E-state index contributed by atoms with van der Waals surface area (Å²) in [5, 5.41) is 2.65. The molecule has 0 fully saturated rings. The minimum Gasteiger partial charge on any atom is -0.378 e. The van der Waals surface area contributed by atoms with E-state index in [1.807, 2.05) is 0 Å². The maximum absolute atomic E-state index is 13.6. The summed E-state index contributed by atoms with van der Waals surface area (Å²) in [5.41, 5.74) is -0.449. The Kier molecular flexibility index (Phi) is 4.51. The summed E-state index contributed by atoms with van der Waals surface area (Å²) in [7, 11) is 0. The third-order valence-corrected chi connectivity index (χ3v) is 3.36. The average Bonchev–Trinajstić information content (AvgIpc) is 2.36. The number of halogens is 6. The first kappa shape index (κ1) is 15.8. The zero-order chi connectivity index (χ0) is 15.6. The van der Waals surface area contributed by atoms with Crippen LogP contribution in [0.4, 0.5) is 27.6 Å². The van der Waals surface area contributed by atoms with Gasteiger partial charge in [0.15, 0.2) is 0 Å². The third kappa shape index (κ3) is 3.93. The van der Waals surface area contributed by atoms with Gasteiger partial charge in [0.05, 0.1) is 11.3 Å². The predicted octanol–water partition coefficient (Wildman–Crippen LogP) is 5.36. The standard InChI is InChI=1S/C14H9BrF5N/c15-11-5-10(16)6-12(17)13(11)21-7-8-2-1-3-9(4-8)14(18,19)20/h1-6,21H,7H2. The molecule has 2 aromatic carbocycles. The summed E-state index contributed by atoms with van der Waals surface area (Å²) in [6.07, 6.45) is -4.43. The van der Waals surface area contributed by atoms with Gasteiger partial charge >= 0.3 is 6.18 Å². The van der Waals surface area contributed by atoms with E-state index in [1.54, 1.807) is 0 Å². The molecule has 2 rings (SSSR count). The number of benzene rings is 2. The molecule has 0 amide bonds. The molecule has 1 nitrogen and oxygen atoms in total. The average molecular weight is 366 g/mol. The highest BCUT2D eigenvalue weighted by molar-refractivity contribution is 9.10. The Hall–Kier alpha value is -1.63. The van der Waals surface area contributed by atoms with Crippen molar-refractivity contribution in [3.05, 3.63) is 63.6 Å². The Bertz CT molecular complexity index is 631. The summed E-state index contributed by atoms with van der Waals surface area (Å²) in [5.74, 6) is -1.57. The molecule has 7 heteroatoms.